The number of rotatable bonds is 6. The van der Waals surface area contributed by atoms with Crippen LogP contribution in [0, 0.1) is 11.8 Å². The monoisotopic (exact) mass is 614 g/mol. The number of aromatic hydroxyl groups is 1. The first-order valence-electron chi connectivity index (χ1n) is 13.8. The molecule has 1 aromatic heterocycles. The fourth-order valence-corrected chi connectivity index (χ4v) is 9.10. The molecule has 2 fully saturated rings. The number of benzene rings is 1. The average Bonchev–Trinajstić information content (AvgIpc) is 3.45. The number of phenols is 1. The molecule has 3 heterocycles. The number of thiophene rings is 1. The zero-order valence-electron chi connectivity index (χ0n) is 22.8. The highest BCUT2D eigenvalue weighted by atomic mass is 79.9. The first-order valence-corrected chi connectivity index (χ1v) is 15.4. The molecule has 1 N–H and O–H groups in total. The molecule has 1 saturated carbocycles. The van der Waals surface area contributed by atoms with Crippen LogP contribution in [0.15, 0.2) is 28.1 Å². The summed E-state index contributed by atoms with van der Waals surface area (Å²) in [5.41, 5.74) is 1.58. The summed E-state index contributed by atoms with van der Waals surface area (Å²) in [6.45, 7) is 7.17. The van der Waals surface area contributed by atoms with Gasteiger partial charge in [0.1, 0.15) is 11.9 Å². The van der Waals surface area contributed by atoms with Crippen LogP contribution in [0.1, 0.15) is 56.0 Å². The number of halogens is 1. The lowest BCUT2D eigenvalue weighted by Crippen LogP contribution is -2.68. The summed E-state index contributed by atoms with van der Waals surface area (Å²) in [6.07, 6.45) is 6.73. The second-order valence-electron chi connectivity index (χ2n) is 11.9. The van der Waals surface area contributed by atoms with Crippen molar-refractivity contribution < 1.29 is 24.2 Å². The van der Waals surface area contributed by atoms with E-state index >= 15 is 0 Å². The van der Waals surface area contributed by atoms with E-state index in [1.807, 2.05) is 22.4 Å². The van der Waals surface area contributed by atoms with Crippen molar-refractivity contribution >= 4 is 45.2 Å². The summed E-state index contributed by atoms with van der Waals surface area (Å²) in [6, 6.07) is 3.70. The van der Waals surface area contributed by atoms with Gasteiger partial charge in [0.25, 0.3) is 0 Å². The highest BCUT2D eigenvalue weighted by molar-refractivity contribution is 9.10. The van der Waals surface area contributed by atoms with Gasteiger partial charge in [0.15, 0.2) is 11.5 Å². The fraction of sp³-hybridized carbons (Fsp3) is 0.533. The highest BCUT2D eigenvalue weighted by Crippen LogP contribution is 2.65. The number of likely N-dealkylation sites (tertiary alicyclic amines) is 1. The molecule has 2 aromatic rings. The van der Waals surface area contributed by atoms with E-state index in [0.717, 1.165) is 52.7 Å². The summed E-state index contributed by atoms with van der Waals surface area (Å²) in [7, 11) is 2.17. The number of hydrogen-bond acceptors (Lipinski definition) is 7. The van der Waals surface area contributed by atoms with Crippen molar-refractivity contribution in [1.82, 2.24) is 9.80 Å². The molecule has 1 amide bonds. The van der Waals surface area contributed by atoms with E-state index in [2.05, 4.69) is 41.7 Å². The normalized spacial score (nSPS) is 28.9. The maximum atomic E-state index is 13.8. The minimum atomic E-state index is -0.450. The molecule has 2 aliphatic carbocycles. The molecule has 9 heteroatoms. The number of hydrogen-bond donors (Lipinski definition) is 1. The van der Waals surface area contributed by atoms with Crippen molar-refractivity contribution in [3.05, 3.63) is 44.1 Å². The molecule has 39 heavy (non-hydrogen) atoms. The number of carbonyl (C=O) groups excluding carboxylic acids is 2. The minimum Gasteiger partial charge on any atom is -0.508 e. The van der Waals surface area contributed by atoms with Crippen molar-refractivity contribution in [1.29, 1.82) is 0 Å². The third-order valence-electron chi connectivity index (χ3n) is 9.13. The molecule has 1 saturated heterocycles. The quantitative estimate of drug-likeness (QED) is 0.267. The molecule has 1 spiro atoms. The number of nitrogens with zero attached hydrogens (tertiary/aromatic N) is 2. The Hall–Kier alpha value is -2.36. The highest BCUT2D eigenvalue weighted by Gasteiger charge is 2.67. The Labute approximate surface area is 241 Å². The molecule has 7 nitrogen and oxygen atoms in total. The van der Waals surface area contributed by atoms with Crippen LogP contribution in [-0.2, 0) is 21.4 Å². The van der Waals surface area contributed by atoms with Crippen molar-refractivity contribution in [2.45, 2.75) is 70.1 Å². The van der Waals surface area contributed by atoms with Crippen molar-refractivity contribution in [2.75, 3.05) is 20.1 Å². The Morgan fingerprint density at radius 3 is 2.85 bits per heavy atom. The Balaban J connectivity index is 1.44. The summed E-state index contributed by atoms with van der Waals surface area (Å²) in [5.74, 6) is 1.18. The third kappa shape index (κ3) is 4.32. The lowest BCUT2D eigenvalue weighted by Gasteiger charge is -2.60. The third-order valence-corrected chi connectivity index (χ3v) is 10.8. The van der Waals surface area contributed by atoms with Crippen molar-refractivity contribution in [3.63, 3.8) is 0 Å². The molecule has 1 aromatic carbocycles. The van der Waals surface area contributed by atoms with Gasteiger partial charge in [-0.05, 0) is 79.2 Å². The minimum absolute atomic E-state index is 0.0174. The number of phenolic OH excluding ortho intramolecular Hbond substituents is 1. The van der Waals surface area contributed by atoms with Crippen LogP contribution in [0.5, 0.6) is 17.2 Å². The second kappa shape index (κ2) is 9.93. The first kappa shape index (κ1) is 26.8. The van der Waals surface area contributed by atoms with Crippen LogP contribution in [0.2, 0.25) is 0 Å². The molecule has 208 valence electrons. The van der Waals surface area contributed by atoms with Gasteiger partial charge in [0.05, 0.1) is 6.04 Å². The van der Waals surface area contributed by atoms with Crippen LogP contribution in [0.25, 0.3) is 6.08 Å². The zero-order valence-corrected chi connectivity index (χ0v) is 25.2. The van der Waals surface area contributed by atoms with E-state index in [0.29, 0.717) is 24.3 Å². The SMILES string of the molecule is CC(=O)Oc1cc(O)c2c3c1O[C@H]1[C@@H](N(CC(C)C)C(=O)/C=C/c4cc(Br)cs4)CC[C@H]4[C@@H](C2)N(C)CC[C@@]341. The van der Waals surface area contributed by atoms with E-state index in [1.165, 1.54) is 13.0 Å². The Morgan fingerprint density at radius 1 is 1.36 bits per heavy atom. The van der Waals surface area contributed by atoms with Crippen LogP contribution in [0.3, 0.4) is 0 Å². The van der Waals surface area contributed by atoms with E-state index in [9.17, 15) is 14.7 Å². The smallest absolute Gasteiger partial charge is 0.308 e. The molecular weight excluding hydrogens is 580 g/mol. The number of carbonyl (C=O) groups is 2. The topological polar surface area (TPSA) is 79.3 Å². The first-order chi connectivity index (χ1) is 18.6. The van der Waals surface area contributed by atoms with Gasteiger partial charge in [-0.1, -0.05) is 13.8 Å². The van der Waals surface area contributed by atoms with Gasteiger partial charge in [-0.15, -0.1) is 11.3 Å². The van der Waals surface area contributed by atoms with Gasteiger partial charge in [-0.3, -0.25) is 9.59 Å². The number of piperidine rings is 1. The Morgan fingerprint density at radius 2 is 2.15 bits per heavy atom. The lowest BCUT2D eigenvalue weighted by molar-refractivity contribution is -0.138. The lowest BCUT2D eigenvalue weighted by atomic mass is 9.51. The van der Waals surface area contributed by atoms with Crippen molar-refractivity contribution in [3.8, 4) is 17.2 Å². The zero-order chi connectivity index (χ0) is 27.6. The van der Waals surface area contributed by atoms with Gasteiger partial charge in [-0.25, -0.2) is 0 Å². The summed E-state index contributed by atoms with van der Waals surface area (Å²) < 4.78 is 13.5. The van der Waals surface area contributed by atoms with E-state index < -0.39 is 5.97 Å². The summed E-state index contributed by atoms with van der Waals surface area (Å²) in [4.78, 5) is 31.3. The van der Waals surface area contributed by atoms with E-state index in [1.54, 1.807) is 17.4 Å². The van der Waals surface area contributed by atoms with Gasteiger partial charge in [0.2, 0.25) is 5.91 Å². The van der Waals surface area contributed by atoms with E-state index in [-0.39, 0.29) is 40.9 Å². The second-order valence-corrected chi connectivity index (χ2v) is 13.7. The van der Waals surface area contributed by atoms with Gasteiger partial charge >= 0.3 is 5.97 Å². The Bertz CT molecular complexity index is 1360. The molecule has 2 bridgehead atoms. The van der Waals surface area contributed by atoms with Gasteiger partial charge in [0, 0.05) is 62.9 Å². The van der Waals surface area contributed by atoms with Crippen molar-refractivity contribution in [2.24, 2.45) is 11.8 Å². The summed E-state index contributed by atoms with van der Waals surface area (Å²) >= 11 is 5.08. The standard InChI is InChI=1S/C30H35BrN2O5S/c1-16(2)14-33(26(36)8-5-19-11-18(31)15-39-19)22-7-6-21-23-12-20-24(35)13-25(37-17(3)34)28-27(20)30(21,29(22)38-28)9-10-32(23)4/h5,8,11,13,15-16,21-23,29,35H,6-7,9-10,12,14H2,1-4H3/b8-5+/t21-,22-,23+,29-,30-/m0/s1. The number of esters is 1. The molecule has 0 radical (unpaired) electrons. The number of likely N-dealkylation sites (N-methyl/N-ethyl adjacent to an activating group) is 1. The number of ether oxygens (including phenoxy) is 2. The van der Waals surface area contributed by atoms with Gasteiger partial charge < -0.3 is 24.4 Å². The fourth-order valence-electron chi connectivity index (χ4n) is 7.76. The molecule has 2 aliphatic heterocycles. The number of amides is 1. The van der Waals surface area contributed by atoms with Crippen LogP contribution in [0.4, 0.5) is 0 Å². The maximum absolute atomic E-state index is 13.8. The maximum Gasteiger partial charge on any atom is 0.308 e. The van der Waals surface area contributed by atoms with Gasteiger partial charge in [-0.2, -0.15) is 0 Å². The molecule has 4 aliphatic rings. The Kier molecular flexibility index (Phi) is 6.83. The molecule has 5 atom stereocenters. The van der Waals surface area contributed by atoms with E-state index in [4.69, 9.17) is 9.47 Å². The summed E-state index contributed by atoms with van der Waals surface area (Å²) in [5, 5.41) is 13.1. The van der Waals surface area contributed by atoms with Crippen LogP contribution < -0.4 is 9.47 Å². The van der Waals surface area contributed by atoms with Crippen LogP contribution in [-0.4, -0.2) is 65.1 Å². The predicted molar refractivity (Wildman–Crippen MR) is 154 cm³/mol. The van der Waals surface area contributed by atoms with Crippen LogP contribution >= 0.6 is 27.3 Å². The molecule has 0 unspecified atom stereocenters. The molecular formula is C30H35BrN2O5S. The largest absolute Gasteiger partial charge is 0.508 e. The predicted octanol–water partition coefficient (Wildman–Crippen LogP) is 5.38. The molecule has 6 rings (SSSR count). The average molecular weight is 616 g/mol.